The number of hydrogen-bond acceptors (Lipinski definition) is 5. The molecule has 7 heteroatoms. The van der Waals surface area contributed by atoms with Crippen LogP contribution in [0.1, 0.15) is 108 Å². The molecule has 2 unspecified atom stereocenters. The van der Waals surface area contributed by atoms with E-state index in [0.29, 0.717) is 11.1 Å². The van der Waals surface area contributed by atoms with E-state index in [-0.39, 0.29) is 20.6 Å². The molecule has 59 heavy (non-hydrogen) atoms. The molecule has 0 fully saturated rings. The first-order valence-corrected chi connectivity index (χ1v) is 24.8. The van der Waals surface area contributed by atoms with Crippen molar-refractivity contribution in [3.05, 3.63) is 178 Å². The summed E-state index contributed by atoms with van der Waals surface area (Å²) in [6, 6.07) is 16.5. The zero-order valence-corrected chi connectivity index (χ0v) is 39.4. The van der Waals surface area contributed by atoms with Crippen LogP contribution < -0.4 is 0 Å². The average Bonchev–Trinajstić information content (AvgIpc) is 3.17. The molecule has 316 valence electrons. The molecule has 0 aromatic heterocycles. The fourth-order valence-electron chi connectivity index (χ4n) is 7.83. The van der Waals surface area contributed by atoms with Gasteiger partial charge in [-0.3, -0.25) is 0 Å². The number of benzene rings is 2. The maximum Gasteiger partial charge on any atom is 0.194 e. The van der Waals surface area contributed by atoms with Crippen molar-refractivity contribution in [2.45, 2.75) is 127 Å². The number of allylic oxidation sites excluding steroid dienone is 18. The Morgan fingerprint density at radius 2 is 0.915 bits per heavy atom. The number of thioether (sulfide) groups is 1. The minimum Gasteiger partial charge on any atom is -0.222 e. The van der Waals surface area contributed by atoms with Crippen molar-refractivity contribution >= 4 is 31.4 Å². The van der Waals surface area contributed by atoms with Crippen LogP contribution >= 0.6 is 11.8 Å². The van der Waals surface area contributed by atoms with Crippen molar-refractivity contribution in [3.63, 3.8) is 0 Å². The first-order chi connectivity index (χ1) is 27.7. The highest BCUT2D eigenvalue weighted by atomic mass is 32.3. The van der Waals surface area contributed by atoms with Gasteiger partial charge in [0.2, 0.25) is 0 Å². The molecule has 0 aliphatic heterocycles. The zero-order chi connectivity index (χ0) is 43.4. The predicted octanol–water partition coefficient (Wildman–Crippen LogP) is 14.4. The molecule has 2 aromatic rings. The highest BCUT2D eigenvalue weighted by Gasteiger charge is 2.35. The topological polar surface area (TPSA) is 68.3 Å². The fraction of sp³-hybridized carbons (Fsp3) is 0.385. The SMILES string of the molecule is CC(C=CC1=C(C)CCCC1(C)C)=CC=CC(C)=CC(SC(C=C(C)C=CC=C(C)C=CC1=C(C)CCCC1(C)C)S(=O)(=O)c1ccccc1)S(=O)(=O)c1ccccc1. The van der Waals surface area contributed by atoms with Gasteiger partial charge in [0.25, 0.3) is 0 Å². The van der Waals surface area contributed by atoms with Gasteiger partial charge in [-0.15, -0.1) is 11.8 Å². The van der Waals surface area contributed by atoms with Gasteiger partial charge in [0.05, 0.1) is 9.79 Å². The van der Waals surface area contributed by atoms with E-state index >= 15 is 0 Å². The highest BCUT2D eigenvalue weighted by molar-refractivity contribution is 8.20. The van der Waals surface area contributed by atoms with Crippen LogP contribution in [0.15, 0.2) is 188 Å². The Hall–Kier alpha value is -3.91. The van der Waals surface area contributed by atoms with E-state index in [1.165, 1.54) is 48.0 Å². The lowest BCUT2D eigenvalue weighted by Gasteiger charge is -2.33. The van der Waals surface area contributed by atoms with Crippen LogP contribution in [0.3, 0.4) is 0 Å². The Labute approximate surface area is 362 Å². The third-order valence-electron chi connectivity index (χ3n) is 11.4. The van der Waals surface area contributed by atoms with E-state index in [2.05, 4.69) is 79.7 Å². The quantitative estimate of drug-likeness (QED) is 0.157. The van der Waals surface area contributed by atoms with Gasteiger partial charge in [0, 0.05) is 0 Å². The van der Waals surface area contributed by atoms with Gasteiger partial charge in [-0.2, -0.15) is 0 Å². The summed E-state index contributed by atoms with van der Waals surface area (Å²) < 4.78 is 55.1. The Bertz CT molecular complexity index is 2160. The van der Waals surface area contributed by atoms with Gasteiger partial charge in [0.1, 0.15) is 9.16 Å². The molecule has 0 N–H and O–H groups in total. The molecule has 0 saturated carbocycles. The molecule has 2 atom stereocenters. The molecule has 0 bridgehead atoms. The summed E-state index contributed by atoms with van der Waals surface area (Å²) in [7, 11) is -8.03. The average molecular weight is 851 g/mol. The minimum absolute atomic E-state index is 0.134. The van der Waals surface area contributed by atoms with E-state index in [0.717, 1.165) is 35.7 Å². The molecule has 0 heterocycles. The van der Waals surface area contributed by atoms with E-state index in [1.807, 2.05) is 50.3 Å². The van der Waals surface area contributed by atoms with E-state index in [4.69, 9.17) is 0 Å². The summed E-state index contributed by atoms with van der Waals surface area (Å²) >= 11 is 0.917. The molecule has 0 radical (unpaired) electrons. The van der Waals surface area contributed by atoms with Crippen molar-refractivity contribution < 1.29 is 16.8 Å². The first-order valence-electron chi connectivity index (χ1n) is 20.8. The molecule has 4 rings (SSSR count). The smallest absolute Gasteiger partial charge is 0.194 e. The maximum atomic E-state index is 14.4. The lowest BCUT2D eigenvalue weighted by Crippen LogP contribution is -2.24. The second-order valence-electron chi connectivity index (χ2n) is 17.5. The molecular weight excluding hydrogens is 785 g/mol. The van der Waals surface area contributed by atoms with Crippen molar-refractivity contribution in [2.24, 2.45) is 10.8 Å². The van der Waals surface area contributed by atoms with Crippen LogP contribution in [-0.4, -0.2) is 26.0 Å². The molecule has 4 nitrogen and oxygen atoms in total. The van der Waals surface area contributed by atoms with E-state index in [9.17, 15) is 16.8 Å². The first kappa shape index (κ1) is 47.8. The van der Waals surface area contributed by atoms with Gasteiger partial charge in [-0.25, -0.2) is 16.8 Å². The second-order valence-corrected chi connectivity index (χ2v) is 23.5. The lowest BCUT2D eigenvalue weighted by atomic mass is 9.72. The molecule has 0 spiro atoms. The number of hydrogen-bond donors (Lipinski definition) is 0. The summed E-state index contributed by atoms with van der Waals surface area (Å²) in [5.41, 5.74) is 9.53. The summed E-state index contributed by atoms with van der Waals surface area (Å²) in [6.07, 6.45) is 30.7. The normalized spacial score (nSPS) is 20.1. The van der Waals surface area contributed by atoms with E-state index < -0.39 is 28.8 Å². The van der Waals surface area contributed by atoms with Gasteiger partial charge in [0.15, 0.2) is 19.7 Å². The van der Waals surface area contributed by atoms with Crippen LogP contribution in [0.25, 0.3) is 0 Å². The third kappa shape index (κ3) is 13.5. The van der Waals surface area contributed by atoms with Crippen LogP contribution in [-0.2, 0) is 19.7 Å². The summed E-state index contributed by atoms with van der Waals surface area (Å²) in [4.78, 5) is 0.267. The maximum absolute atomic E-state index is 14.4. The van der Waals surface area contributed by atoms with Crippen molar-refractivity contribution in [1.82, 2.24) is 0 Å². The number of rotatable bonds is 16. The molecule has 0 saturated heterocycles. The van der Waals surface area contributed by atoms with Gasteiger partial charge < -0.3 is 0 Å². The van der Waals surface area contributed by atoms with Crippen LogP contribution in [0, 0.1) is 10.8 Å². The van der Waals surface area contributed by atoms with Gasteiger partial charge in [-0.1, -0.05) is 170 Å². The Balaban J connectivity index is 1.68. The molecule has 2 aliphatic carbocycles. The third-order valence-corrected chi connectivity index (χ3v) is 17.7. The second kappa shape index (κ2) is 21.1. The van der Waals surface area contributed by atoms with Crippen molar-refractivity contribution in [1.29, 1.82) is 0 Å². The van der Waals surface area contributed by atoms with Crippen LogP contribution in [0.4, 0.5) is 0 Å². The Kier molecular flexibility index (Phi) is 17.0. The standard InChI is InChI=1S/C52H66O4S3/c1-39(31-33-47-43(5)25-19-35-51(47,7)8)21-17-23-41(3)37-49(58(53,54)45-27-13-11-14-28-45)57-50(59(55,56)46-29-15-12-16-30-46)38-42(4)24-18-22-40(2)32-34-48-44(6)26-20-36-52(48,9)10/h11-18,21-24,27-34,37-38,49-50H,19-20,25-26,35-36H2,1-10H3. The summed E-state index contributed by atoms with van der Waals surface area (Å²) in [5.74, 6) is 0. The highest BCUT2D eigenvalue weighted by Crippen LogP contribution is 2.42. The van der Waals surface area contributed by atoms with Crippen LogP contribution in [0.5, 0.6) is 0 Å². The summed E-state index contributed by atoms with van der Waals surface area (Å²) in [5, 5.41) is 0. The Morgan fingerprint density at radius 3 is 1.25 bits per heavy atom. The number of sulfone groups is 2. The van der Waals surface area contributed by atoms with Gasteiger partial charge >= 0.3 is 0 Å². The monoisotopic (exact) mass is 850 g/mol. The minimum atomic E-state index is -4.02. The van der Waals surface area contributed by atoms with Gasteiger partial charge in [-0.05, 0) is 126 Å². The molecule has 0 amide bonds. The van der Waals surface area contributed by atoms with Crippen LogP contribution in [0.2, 0.25) is 0 Å². The Morgan fingerprint density at radius 1 is 0.559 bits per heavy atom. The van der Waals surface area contributed by atoms with Crippen molar-refractivity contribution in [3.8, 4) is 0 Å². The fourth-order valence-corrected chi connectivity index (χ4v) is 13.8. The molecular formula is C52H66O4S3. The lowest BCUT2D eigenvalue weighted by molar-refractivity contribution is 0.376. The summed E-state index contributed by atoms with van der Waals surface area (Å²) in [6.45, 7) is 21.5. The molecule has 2 aliphatic rings. The largest absolute Gasteiger partial charge is 0.222 e. The predicted molar refractivity (Wildman–Crippen MR) is 255 cm³/mol. The van der Waals surface area contributed by atoms with E-state index in [1.54, 1.807) is 72.8 Å². The zero-order valence-electron chi connectivity index (χ0n) is 37.0. The molecule has 2 aromatic carbocycles. The van der Waals surface area contributed by atoms with Crippen molar-refractivity contribution in [2.75, 3.05) is 0 Å².